The number of ether oxygens (including phenoxy) is 1. The van der Waals surface area contributed by atoms with E-state index >= 15 is 0 Å². The number of allylic oxidation sites excluding steroid dienone is 1. The van der Waals surface area contributed by atoms with Gasteiger partial charge >= 0.3 is 5.97 Å². The third-order valence-corrected chi connectivity index (χ3v) is 3.66. The summed E-state index contributed by atoms with van der Waals surface area (Å²) < 4.78 is 5.17. The van der Waals surface area contributed by atoms with E-state index in [0.29, 0.717) is 19.4 Å². The van der Waals surface area contributed by atoms with Gasteiger partial charge in [-0.3, -0.25) is 9.59 Å². The van der Waals surface area contributed by atoms with Gasteiger partial charge in [0.15, 0.2) is 0 Å². The first kappa shape index (κ1) is 13.9. The van der Waals surface area contributed by atoms with Crippen LogP contribution in [0.5, 0.6) is 0 Å². The number of rotatable bonds is 5. The molecule has 96 valence electrons. The largest absolute Gasteiger partial charge is 0.466 e. The molecule has 0 aliphatic heterocycles. The maximum Gasteiger partial charge on any atom is 0.312 e. The van der Waals surface area contributed by atoms with Crippen LogP contribution in [0.4, 0.5) is 0 Å². The second-order valence-corrected chi connectivity index (χ2v) is 4.90. The number of hydrogen-bond donors (Lipinski definition) is 0. The van der Waals surface area contributed by atoms with E-state index in [-0.39, 0.29) is 17.7 Å². The average Bonchev–Trinajstić information content (AvgIpc) is 2.30. The molecule has 2 unspecified atom stereocenters. The fourth-order valence-electron chi connectivity index (χ4n) is 2.72. The highest BCUT2D eigenvalue weighted by Gasteiger charge is 2.43. The summed E-state index contributed by atoms with van der Waals surface area (Å²) in [5.41, 5.74) is -0.508. The summed E-state index contributed by atoms with van der Waals surface area (Å²) in [5, 5.41) is 0. The highest BCUT2D eigenvalue weighted by atomic mass is 16.5. The van der Waals surface area contributed by atoms with Gasteiger partial charge < -0.3 is 4.74 Å². The second-order valence-electron chi connectivity index (χ2n) is 4.90. The van der Waals surface area contributed by atoms with Crippen molar-refractivity contribution in [2.75, 3.05) is 6.61 Å². The molecule has 0 aromatic carbocycles. The molecule has 1 fully saturated rings. The van der Waals surface area contributed by atoms with Gasteiger partial charge in [-0.05, 0) is 39.5 Å². The summed E-state index contributed by atoms with van der Waals surface area (Å²) in [6, 6.07) is 0. The van der Waals surface area contributed by atoms with Crippen LogP contribution in [0.3, 0.4) is 0 Å². The van der Waals surface area contributed by atoms with E-state index in [1.165, 1.54) is 0 Å². The molecule has 0 aromatic rings. The SMILES string of the molecule is C=CCC1(C(=O)OCC)CCCC(C(C)=O)C1. The predicted octanol–water partition coefficient (Wildman–Crippen LogP) is 2.89. The third kappa shape index (κ3) is 3.18. The van der Waals surface area contributed by atoms with Crippen molar-refractivity contribution in [2.24, 2.45) is 11.3 Å². The van der Waals surface area contributed by atoms with E-state index < -0.39 is 5.41 Å². The van der Waals surface area contributed by atoms with Crippen LogP contribution in [-0.4, -0.2) is 18.4 Å². The standard InChI is InChI=1S/C14H22O3/c1-4-8-14(13(16)17-5-2)9-6-7-12(10-14)11(3)15/h4,12H,1,5-10H2,2-3H3. The Balaban J connectivity index is 2.86. The molecule has 0 aromatic heterocycles. The van der Waals surface area contributed by atoms with Gasteiger partial charge in [-0.2, -0.15) is 0 Å². The van der Waals surface area contributed by atoms with Crippen LogP contribution in [0, 0.1) is 11.3 Å². The molecule has 1 rings (SSSR count). The zero-order valence-electron chi connectivity index (χ0n) is 10.8. The van der Waals surface area contributed by atoms with E-state index in [0.717, 1.165) is 19.3 Å². The predicted molar refractivity (Wildman–Crippen MR) is 66.5 cm³/mol. The monoisotopic (exact) mass is 238 g/mol. The summed E-state index contributed by atoms with van der Waals surface area (Å²) in [4.78, 5) is 23.6. The van der Waals surface area contributed by atoms with Crippen molar-refractivity contribution in [1.29, 1.82) is 0 Å². The van der Waals surface area contributed by atoms with Crippen molar-refractivity contribution in [3.05, 3.63) is 12.7 Å². The number of esters is 1. The molecule has 2 atom stereocenters. The van der Waals surface area contributed by atoms with Crippen molar-refractivity contribution in [3.8, 4) is 0 Å². The van der Waals surface area contributed by atoms with Crippen LogP contribution in [0.15, 0.2) is 12.7 Å². The molecular formula is C14H22O3. The lowest BCUT2D eigenvalue weighted by Gasteiger charge is -2.37. The Morgan fingerprint density at radius 1 is 1.53 bits per heavy atom. The highest BCUT2D eigenvalue weighted by Crippen LogP contribution is 2.43. The minimum atomic E-state index is -0.508. The first-order valence-corrected chi connectivity index (χ1v) is 6.34. The Morgan fingerprint density at radius 3 is 2.76 bits per heavy atom. The molecule has 0 radical (unpaired) electrons. The van der Waals surface area contributed by atoms with Crippen LogP contribution in [-0.2, 0) is 14.3 Å². The Morgan fingerprint density at radius 2 is 2.24 bits per heavy atom. The van der Waals surface area contributed by atoms with Crippen LogP contribution in [0.1, 0.15) is 46.0 Å². The first-order valence-electron chi connectivity index (χ1n) is 6.34. The summed E-state index contributed by atoms with van der Waals surface area (Å²) >= 11 is 0. The summed E-state index contributed by atoms with van der Waals surface area (Å²) in [7, 11) is 0. The molecule has 0 amide bonds. The van der Waals surface area contributed by atoms with E-state index in [4.69, 9.17) is 4.74 Å². The van der Waals surface area contributed by atoms with Gasteiger partial charge in [0.2, 0.25) is 0 Å². The molecule has 0 bridgehead atoms. The first-order chi connectivity index (χ1) is 8.05. The van der Waals surface area contributed by atoms with Crippen molar-refractivity contribution >= 4 is 11.8 Å². The number of hydrogen-bond acceptors (Lipinski definition) is 3. The fraction of sp³-hybridized carbons (Fsp3) is 0.714. The van der Waals surface area contributed by atoms with Crippen molar-refractivity contribution < 1.29 is 14.3 Å². The minimum absolute atomic E-state index is 0.00751. The van der Waals surface area contributed by atoms with Crippen molar-refractivity contribution in [1.82, 2.24) is 0 Å². The molecule has 1 saturated carbocycles. The lowest BCUT2D eigenvalue weighted by Crippen LogP contribution is -2.39. The lowest BCUT2D eigenvalue weighted by molar-refractivity contribution is -0.159. The van der Waals surface area contributed by atoms with Gasteiger partial charge in [0.05, 0.1) is 12.0 Å². The van der Waals surface area contributed by atoms with Gasteiger partial charge in [-0.15, -0.1) is 6.58 Å². The Kier molecular flexibility index (Phi) is 4.91. The molecule has 0 N–H and O–H groups in total. The normalized spacial score (nSPS) is 28.5. The fourth-order valence-corrected chi connectivity index (χ4v) is 2.72. The number of ketones is 1. The molecule has 3 nitrogen and oxygen atoms in total. The van der Waals surface area contributed by atoms with Crippen LogP contribution in [0.25, 0.3) is 0 Å². The van der Waals surface area contributed by atoms with E-state index in [2.05, 4.69) is 6.58 Å². The van der Waals surface area contributed by atoms with Gasteiger partial charge in [-0.25, -0.2) is 0 Å². The molecule has 0 spiro atoms. The highest BCUT2D eigenvalue weighted by molar-refractivity contribution is 5.82. The minimum Gasteiger partial charge on any atom is -0.466 e. The van der Waals surface area contributed by atoms with E-state index in [1.54, 1.807) is 13.0 Å². The Bertz CT molecular complexity index is 309. The molecule has 0 heterocycles. The zero-order chi connectivity index (χ0) is 12.9. The quantitative estimate of drug-likeness (QED) is 0.546. The van der Waals surface area contributed by atoms with Crippen molar-refractivity contribution in [2.45, 2.75) is 46.0 Å². The van der Waals surface area contributed by atoms with Crippen LogP contribution >= 0.6 is 0 Å². The molecule has 17 heavy (non-hydrogen) atoms. The summed E-state index contributed by atoms with van der Waals surface area (Å²) in [6.45, 7) is 7.53. The summed E-state index contributed by atoms with van der Waals surface area (Å²) in [6.07, 6.45) is 5.61. The lowest BCUT2D eigenvalue weighted by atomic mass is 9.67. The molecular weight excluding hydrogens is 216 g/mol. The molecule has 1 aliphatic carbocycles. The van der Waals surface area contributed by atoms with Gasteiger partial charge in [-0.1, -0.05) is 12.5 Å². The average molecular weight is 238 g/mol. The Hall–Kier alpha value is -1.12. The smallest absolute Gasteiger partial charge is 0.312 e. The van der Waals surface area contributed by atoms with E-state index in [9.17, 15) is 9.59 Å². The number of Topliss-reactive ketones (excluding diaryl/α,β-unsaturated/α-hetero) is 1. The Labute approximate surface area is 103 Å². The third-order valence-electron chi connectivity index (χ3n) is 3.66. The van der Waals surface area contributed by atoms with Crippen LogP contribution < -0.4 is 0 Å². The molecule has 0 saturated heterocycles. The maximum atomic E-state index is 12.1. The zero-order valence-corrected chi connectivity index (χ0v) is 10.8. The maximum absolute atomic E-state index is 12.1. The number of carbonyl (C=O) groups is 2. The number of carbonyl (C=O) groups excluding carboxylic acids is 2. The van der Waals surface area contributed by atoms with Crippen molar-refractivity contribution in [3.63, 3.8) is 0 Å². The van der Waals surface area contributed by atoms with Gasteiger partial charge in [0.1, 0.15) is 5.78 Å². The molecule has 1 aliphatic rings. The second kappa shape index (κ2) is 5.99. The van der Waals surface area contributed by atoms with Gasteiger partial charge in [0, 0.05) is 5.92 Å². The van der Waals surface area contributed by atoms with Crippen LogP contribution in [0.2, 0.25) is 0 Å². The molecule has 3 heteroatoms. The van der Waals surface area contributed by atoms with Gasteiger partial charge in [0.25, 0.3) is 0 Å². The summed E-state index contributed by atoms with van der Waals surface area (Å²) in [5.74, 6) is 0.0291. The van der Waals surface area contributed by atoms with E-state index in [1.807, 2.05) is 6.92 Å². The topological polar surface area (TPSA) is 43.4 Å².